The van der Waals surface area contributed by atoms with Gasteiger partial charge >= 0.3 is 0 Å². The van der Waals surface area contributed by atoms with Crippen molar-refractivity contribution in [2.24, 2.45) is 0 Å². The van der Waals surface area contributed by atoms with Gasteiger partial charge < -0.3 is 0 Å². The molecule has 2 aliphatic rings. The summed E-state index contributed by atoms with van der Waals surface area (Å²) in [6.07, 6.45) is 1.04. The summed E-state index contributed by atoms with van der Waals surface area (Å²) < 4.78 is 0. The van der Waals surface area contributed by atoms with Crippen molar-refractivity contribution in [3.63, 3.8) is 0 Å². The van der Waals surface area contributed by atoms with E-state index in [2.05, 4.69) is 0 Å². The Labute approximate surface area is 125 Å². The average molecular weight is 306 g/mol. The summed E-state index contributed by atoms with van der Waals surface area (Å²) in [7, 11) is 0. The van der Waals surface area contributed by atoms with Gasteiger partial charge in [-0.1, -0.05) is 6.92 Å². The third-order valence-corrected chi connectivity index (χ3v) is 4.55. The van der Waals surface area contributed by atoms with Gasteiger partial charge in [0.2, 0.25) is 5.91 Å². The van der Waals surface area contributed by atoms with Crippen molar-refractivity contribution in [2.75, 3.05) is 6.54 Å². The molecule has 1 atom stereocenters. The predicted molar refractivity (Wildman–Crippen MR) is 74.9 cm³/mol. The first-order valence-electron chi connectivity index (χ1n) is 6.84. The Kier molecular flexibility index (Phi) is 3.36. The minimum Gasteiger partial charge on any atom is -0.281 e. The Bertz CT molecular complexity index is 621. The van der Waals surface area contributed by atoms with E-state index in [1.54, 1.807) is 10.8 Å². The van der Waals surface area contributed by atoms with Gasteiger partial charge in [-0.2, -0.15) is 11.3 Å². The van der Waals surface area contributed by atoms with Crippen LogP contribution in [0.4, 0.5) is 0 Å². The van der Waals surface area contributed by atoms with Crippen molar-refractivity contribution in [2.45, 2.75) is 32.2 Å². The lowest BCUT2D eigenvalue weighted by Crippen LogP contribution is -2.56. The summed E-state index contributed by atoms with van der Waals surface area (Å²) in [4.78, 5) is 51.1. The molecular weight excluding hydrogens is 292 g/mol. The molecule has 7 heteroatoms. The second-order valence-corrected chi connectivity index (χ2v) is 5.86. The van der Waals surface area contributed by atoms with Gasteiger partial charge in [-0.05, 0) is 12.8 Å². The standard InChI is InChI=1S/C14H14N2O4S/c1-2-5-15-11(17)4-3-10(14(15)20)16-12(18)8-6-21-7-9(8)13(16)19/h6-7,10H,2-5H2,1H3. The van der Waals surface area contributed by atoms with Crippen LogP contribution in [0, 0.1) is 0 Å². The van der Waals surface area contributed by atoms with Crippen LogP contribution in [0.25, 0.3) is 0 Å². The minimum absolute atomic E-state index is 0.181. The van der Waals surface area contributed by atoms with E-state index < -0.39 is 23.8 Å². The lowest BCUT2D eigenvalue weighted by molar-refractivity contribution is -0.151. The summed E-state index contributed by atoms with van der Waals surface area (Å²) >= 11 is 1.29. The van der Waals surface area contributed by atoms with E-state index in [0.717, 1.165) is 4.90 Å². The molecule has 0 bridgehead atoms. The molecule has 6 nitrogen and oxygen atoms in total. The fraction of sp³-hybridized carbons (Fsp3) is 0.429. The number of thiophene rings is 1. The molecule has 110 valence electrons. The number of hydrogen-bond donors (Lipinski definition) is 0. The van der Waals surface area contributed by atoms with Gasteiger partial charge in [-0.3, -0.25) is 29.0 Å². The highest BCUT2D eigenvalue weighted by Crippen LogP contribution is 2.31. The highest BCUT2D eigenvalue weighted by molar-refractivity contribution is 7.08. The zero-order valence-electron chi connectivity index (χ0n) is 11.5. The maximum absolute atomic E-state index is 12.4. The van der Waals surface area contributed by atoms with E-state index in [1.807, 2.05) is 6.92 Å². The van der Waals surface area contributed by atoms with Gasteiger partial charge in [0.05, 0.1) is 11.1 Å². The Morgan fingerprint density at radius 3 is 2.33 bits per heavy atom. The molecule has 4 amide bonds. The first-order valence-corrected chi connectivity index (χ1v) is 7.78. The average Bonchev–Trinajstić information content (AvgIpc) is 3.02. The zero-order valence-corrected chi connectivity index (χ0v) is 12.3. The molecule has 0 spiro atoms. The number of amides is 4. The molecule has 1 aromatic rings. The molecular formula is C14H14N2O4S. The molecule has 3 rings (SSSR count). The highest BCUT2D eigenvalue weighted by atomic mass is 32.1. The fourth-order valence-corrected chi connectivity index (χ4v) is 3.58. The predicted octanol–water partition coefficient (Wildman–Crippen LogP) is 1.27. The summed E-state index contributed by atoms with van der Waals surface area (Å²) in [5.74, 6) is -1.53. The highest BCUT2D eigenvalue weighted by Gasteiger charge is 2.47. The molecule has 1 aromatic heterocycles. The van der Waals surface area contributed by atoms with Crippen LogP contribution in [0.5, 0.6) is 0 Å². The van der Waals surface area contributed by atoms with Gasteiger partial charge in [-0.25, -0.2) is 0 Å². The van der Waals surface area contributed by atoms with E-state index in [9.17, 15) is 19.2 Å². The lowest BCUT2D eigenvalue weighted by Gasteiger charge is -2.34. The number of carbonyl (C=O) groups is 4. The van der Waals surface area contributed by atoms with Gasteiger partial charge in [0.1, 0.15) is 6.04 Å². The van der Waals surface area contributed by atoms with E-state index in [-0.39, 0.29) is 18.7 Å². The third-order valence-electron chi connectivity index (χ3n) is 3.80. The summed E-state index contributed by atoms with van der Waals surface area (Å²) in [5.41, 5.74) is 0.716. The van der Waals surface area contributed by atoms with Gasteiger partial charge in [0, 0.05) is 23.7 Å². The molecule has 1 fully saturated rings. The molecule has 2 aliphatic heterocycles. The Morgan fingerprint density at radius 2 is 1.76 bits per heavy atom. The number of nitrogens with zero attached hydrogens (tertiary/aromatic N) is 2. The first-order chi connectivity index (χ1) is 10.1. The summed E-state index contributed by atoms with van der Waals surface area (Å²) in [6, 6.07) is -0.855. The summed E-state index contributed by atoms with van der Waals surface area (Å²) in [5, 5.41) is 3.25. The van der Waals surface area contributed by atoms with E-state index in [0.29, 0.717) is 24.1 Å². The van der Waals surface area contributed by atoms with Gasteiger partial charge in [0.25, 0.3) is 17.7 Å². The zero-order chi connectivity index (χ0) is 15.1. The Balaban J connectivity index is 1.89. The normalized spacial score (nSPS) is 22.2. The Hall–Kier alpha value is -2.02. The van der Waals surface area contributed by atoms with E-state index in [4.69, 9.17) is 0 Å². The lowest BCUT2D eigenvalue weighted by atomic mass is 10.0. The van der Waals surface area contributed by atoms with Crippen molar-refractivity contribution in [3.8, 4) is 0 Å². The number of imide groups is 2. The Morgan fingerprint density at radius 1 is 1.14 bits per heavy atom. The van der Waals surface area contributed by atoms with Crippen LogP contribution < -0.4 is 0 Å². The molecule has 0 N–H and O–H groups in total. The molecule has 0 radical (unpaired) electrons. The van der Waals surface area contributed by atoms with Crippen LogP contribution in [0.15, 0.2) is 10.8 Å². The van der Waals surface area contributed by atoms with Crippen LogP contribution in [0.3, 0.4) is 0 Å². The van der Waals surface area contributed by atoms with Crippen molar-refractivity contribution in [1.29, 1.82) is 0 Å². The van der Waals surface area contributed by atoms with Crippen LogP contribution in [0.1, 0.15) is 46.9 Å². The number of rotatable bonds is 3. The first kappa shape index (κ1) is 13.9. The van der Waals surface area contributed by atoms with Gasteiger partial charge in [0.15, 0.2) is 0 Å². The SMILES string of the molecule is CCCN1C(=O)CCC(N2C(=O)c3cscc3C2=O)C1=O. The monoisotopic (exact) mass is 306 g/mol. The molecule has 0 aromatic carbocycles. The van der Waals surface area contributed by atoms with Crippen LogP contribution in [0.2, 0.25) is 0 Å². The molecule has 1 saturated heterocycles. The molecule has 0 saturated carbocycles. The number of piperidine rings is 1. The van der Waals surface area contributed by atoms with E-state index >= 15 is 0 Å². The minimum atomic E-state index is -0.855. The topological polar surface area (TPSA) is 74.8 Å². The number of carbonyl (C=O) groups excluding carboxylic acids is 4. The van der Waals surface area contributed by atoms with Crippen LogP contribution >= 0.6 is 11.3 Å². The smallest absolute Gasteiger partial charge is 0.263 e. The van der Waals surface area contributed by atoms with Crippen LogP contribution in [-0.4, -0.2) is 46.0 Å². The third kappa shape index (κ3) is 1.99. The quantitative estimate of drug-likeness (QED) is 0.788. The van der Waals surface area contributed by atoms with Crippen molar-refractivity contribution in [1.82, 2.24) is 9.80 Å². The molecule has 3 heterocycles. The maximum atomic E-state index is 12.4. The van der Waals surface area contributed by atoms with Crippen molar-refractivity contribution >= 4 is 35.0 Å². The maximum Gasteiger partial charge on any atom is 0.263 e. The fourth-order valence-electron chi connectivity index (χ4n) is 2.78. The number of fused-ring (bicyclic) bond motifs is 1. The van der Waals surface area contributed by atoms with Crippen molar-refractivity contribution < 1.29 is 19.2 Å². The van der Waals surface area contributed by atoms with Gasteiger partial charge in [-0.15, -0.1) is 0 Å². The van der Waals surface area contributed by atoms with Crippen LogP contribution in [-0.2, 0) is 9.59 Å². The second-order valence-electron chi connectivity index (χ2n) is 5.12. The van der Waals surface area contributed by atoms with Crippen molar-refractivity contribution in [3.05, 3.63) is 21.9 Å². The summed E-state index contributed by atoms with van der Waals surface area (Å²) in [6.45, 7) is 2.19. The number of hydrogen-bond acceptors (Lipinski definition) is 5. The largest absolute Gasteiger partial charge is 0.281 e. The number of likely N-dealkylation sites (tertiary alicyclic amines) is 1. The molecule has 1 unspecified atom stereocenters. The van der Waals surface area contributed by atoms with E-state index in [1.165, 1.54) is 16.2 Å². The second kappa shape index (κ2) is 5.07. The molecule has 21 heavy (non-hydrogen) atoms. The molecule has 0 aliphatic carbocycles.